The predicted molar refractivity (Wildman–Crippen MR) is 62.9 cm³/mol. The van der Waals surface area contributed by atoms with E-state index in [2.05, 4.69) is 5.32 Å². The van der Waals surface area contributed by atoms with E-state index in [1.165, 1.54) is 6.07 Å². The van der Waals surface area contributed by atoms with Crippen LogP contribution in [0, 0.1) is 5.82 Å². The normalized spacial score (nSPS) is 24.6. The number of nitrogens with one attached hydrogen (secondary N) is 1. The van der Waals surface area contributed by atoms with Crippen molar-refractivity contribution >= 4 is 11.4 Å². The van der Waals surface area contributed by atoms with Crippen LogP contribution in [0.3, 0.4) is 0 Å². The summed E-state index contributed by atoms with van der Waals surface area (Å²) in [5.74, 6) is -0.378. The lowest BCUT2D eigenvalue weighted by Gasteiger charge is -2.21. The monoisotopic (exact) mass is 224 g/mol. The number of hydrogen-bond donors (Lipinski definition) is 2. The molecule has 0 saturated heterocycles. The highest BCUT2D eigenvalue weighted by Gasteiger charge is 2.27. The van der Waals surface area contributed by atoms with Gasteiger partial charge in [-0.2, -0.15) is 0 Å². The van der Waals surface area contributed by atoms with Gasteiger partial charge in [-0.05, 0) is 31.4 Å². The molecule has 2 atom stereocenters. The molecule has 2 unspecified atom stereocenters. The average molecular weight is 224 g/mol. The highest BCUT2D eigenvalue weighted by Crippen LogP contribution is 2.28. The number of nitrogen functional groups attached to an aromatic ring is 1. The molecular weight excluding hydrogens is 207 g/mol. The zero-order valence-corrected chi connectivity index (χ0v) is 9.37. The number of rotatable bonds is 3. The lowest BCUT2D eigenvalue weighted by atomic mass is 10.2. The number of anilines is 2. The fourth-order valence-electron chi connectivity index (χ4n) is 2.24. The molecule has 0 bridgehead atoms. The van der Waals surface area contributed by atoms with Crippen molar-refractivity contribution in [2.75, 3.05) is 18.2 Å². The maximum absolute atomic E-state index is 13.2. The van der Waals surface area contributed by atoms with Gasteiger partial charge in [-0.25, -0.2) is 4.39 Å². The molecule has 16 heavy (non-hydrogen) atoms. The first-order valence-electron chi connectivity index (χ1n) is 5.55. The quantitative estimate of drug-likeness (QED) is 0.775. The highest BCUT2D eigenvalue weighted by atomic mass is 19.1. The Hall–Kier alpha value is -1.29. The van der Waals surface area contributed by atoms with Crippen molar-refractivity contribution in [3.05, 3.63) is 24.0 Å². The van der Waals surface area contributed by atoms with Gasteiger partial charge in [0.2, 0.25) is 0 Å². The number of benzene rings is 1. The lowest BCUT2D eigenvalue weighted by molar-refractivity contribution is 0.101. The third-order valence-electron chi connectivity index (χ3n) is 3.15. The van der Waals surface area contributed by atoms with E-state index < -0.39 is 0 Å². The summed E-state index contributed by atoms with van der Waals surface area (Å²) < 4.78 is 18.6. The first-order chi connectivity index (χ1) is 7.72. The molecule has 0 aromatic heterocycles. The average Bonchev–Trinajstić information content (AvgIpc) is 2.72. The first-order valence-corrected chi connectivity index (χ1v) is 5.55. The van der Waals surface area contributed by atoms with Crippen LogP contribution in [0.1, 0.15) is 19.3 Å². The van der Waals surface area contributed by atoms with E-state index in [4.69, 9.17) is 10.5 Å². The van der Waals surface area contributed by atoms with Gasteiger partial charge in [-0.1, -0.05) is 6.07 Å². The first kappa shape index (κ1) is 11.2. The number of methoxy groups -OCH3 is 1. The summed E-state index contributed by atoms with van der Waals surface area (Å²) in [4.78, 5) is 0. The molecule has 4 heteroatoms. The van der Waals surface area contributed by atoms with Crippen molar-refractivity contribution in [1.29, 1.82) is 0 Å². The van der Waals surface area contributed by atoms with E-state index in [0.29, 0.717) is 5.69 Å². The second-order valence-electron chi connectivity index (χ2n) is 4.16. The van der Waals surface area contributed by atoms with Crippen molar-refractivity contribution in [3.63, 3.8) is 0 Å². The molecule has 0 amide bonds. The van der Waals surface area contributed by atoms with Crippen LogP contribution < -0.4 is 11.1 Å². The number of nitrogens with two attached hydrogens (primary N) is 1. The Morgan fingerprint density at radius 1 is 1.44 bits per heavy atom. The Kier molecular flexibility index (Phi) is 3.29. The van der Waals surface area contributed by atoms with Crippen molar-refractivity contribution in [1.82, 2.24) is 0 Å². The van der Waals surface area contributed by atoms with Gasteiger partial charge in [0, 0.05) is 7.11 Å². The summed E-state index contributed by atoms with van der Waals surface area (Å²) in [6.45, 7) is 0. The van der Waals surface area contributed by atoms with Crippen LogP contribution in [0.4, 0.5) is 15.8 Å². The molecule has 0 heterocycles. The molecule has 1 aromatic rings. The summed E-state index contributed by atoms with van der Waals surface area (Å²) in [7, 11) is 1.71. The molecule has 1 aliphatic rings. The Morgan fingerprint density at radius 2 is 2.25 bits per heavy atom. The fourth-order valence-corrected chi connectivity index (χ4v) is 2.24. The molecule has 3 nitrogen and oxygen atoms in total. The zero-order chi connectivity index (χ0) is 11.5. The van der Waals surface area contributed by atoms with Crippen LogP contribution in [-0.2, 0) is 4.74 Å². The van der Waals surface area contributed by atoms with E-state index in [1.54, 1.807) is 19.2 Å². The van der Waals surface area contributed by atoms with E-state index >= 15 is 0 Å². The Morgan fingerprint density at radius 3 is 3.00 bits per heavy atom. The highest BCUT2D eigenvalue weighted by molar-refractivity contribution is 5.67. The van der Waals surface area contributed by atoms with Crippen LogP contribution in [0.2, 0.25) is 0 Å². The molecule has 3 N–H and O–H groups in total. The van der Waals surface area contributed by atoms with Gasteiger partial charge in [0.1, 0.15) is 5.82 Å². The fraction of sp³-hybridized carbons (Fsp3) is 0.500. The second kappa shape index (κ2) is 4.70. The molecule has 1 fully saturated rings. The van der Waals surface area contributed by atoms with Crippen LogP contribution >= 0.6 is 0 Å². The zero-order valence-electron chi connectivity index (χ0n) is 9.37. The van der Waals surface area contributed by atoms with Crippen LogP contribution in [0.25, 0.3) is 0 Å². The summed E-state index contributed by atoms with van der Waals surface area (Å²) in [5.41, 5.74) is 6.51. The van der Waals surface area contributed by atoms with Crippen LogP contribution in [0.15, 0.2) is 18.2 Å². The van der Waals surface area contributed by atoms with Gasteiger partial charge >= 0.3 is 0 Å². The minimum absolute atomic E-state index is 0.184. The largest absolute Gasteiger partial charge is 0.395 e. The van der Waals surface area contributed by atoms with Gasteiger partial charge in [0.25, 0.3) is 0 Å². The standard InChI is InChI=1S/C12H17FN2O/c1-16-11-7-3-5-9(11)15-10-6-2-4-8(13)12(10)14/h2,4,6,9,11,15H,3,5,7,14H2,1H3. The maximum atomic E-state index is 13.2. The third kappa shape index (κ3) is 2.11. The van der Waals surface area contributed by atoms with Crippen molar-refractivity contribution < 1.29 is 9.13 Å². The van der Waals surface area contributed by atoms with Gasteiger partial charge in [0.05, 0.1) is 23.5 Å². The Labute approximate surface area is 94.8 Å². The summed E-state index contributed by atoms with van der Waals surface area (Å²) in [6, 6.07) is 5.05. The van der Waals surface area contributed by atoms with Crippen molar-refractivity contribution in [2.45, 2.75) is 31.4 Å². The third-order valence-corrected chi connectivity index (χ3v) is 3.15. The summed E-state index contributed by atoms with van der Waals surface area (Å²) in [5, 5.41) is 3.26. The lowest BCUT2D eigenvalue weighted by Crippen LogP contribution is -2.30. The Balaban J connectivity index is 2.11. The molecule has 0 aliphatic heterocycles. The predicted octanol–water partition coefficient (Wildman–Crippen LogP) is 2.39. The van der Waals surface area contributed by atoms with Crippen LogP contribution in [0.5, 0.6) is 0 Å². The van der Waals surface area contributed by atoms with Gasteiger partial charge in [-0.3, -0.25) is 0 Å². The van der Waals surface area contributed by atoms with Gasteiger partial charge in [0.15, 0.2) is 0 Å². The number of ether oxygens (including phenoxy) is 1. The molecule has 1 saturated carbocycles. The minimum Gasteiger partial charge on any atom is -0.395 e. The maximum Gasteiger partial charge on any atom is 0.148 e. The smallest absolute Gasteiger partial charge is 0.148 e. The molecule has 0 spiro atoms. The molecule has 88 valence electrons. The number of halogens is 1. The summed E-state index contributed by atoms with van der Waals surface area (Å²) >= 11 is 0. The van der Waals surface area contributed by atoms with Crippen molar-refractivity contribution in [3.8, 4) is 0 Å². The SMILES string of the molecule is COC1CCCC1Nc1cccc(F)c1N. The van der Waals surface area contributed by atoms with E-state index in [1.807, 2.05) is 0 Å². The van der Waals surface area contributed by atoms with Gasteiger partial charge in [-0.15, -0.1) is 0 Å². The molecule has 1 aliphatic carbocycles. The van der Waals surface area contributed by atoms with Crippen molar-refractivity contribution in [2.24, 2.45) is 0 Å². The molecule has 0 radical (unpaired) electrons. The summed E-state index contributed by atoms with van der Waals surface area (Å²) in [6.07, 6.45) is 3.41. The van der Waals surface area contributed by atoms with Gasteiger partial charge < -0.3 is 15.8 Å². The molecule has 1 aromatic carbocycles. The molecule has 2 rings (SSSR count). The number of hydrogen-bond acceptors (Lipinski definition) is 3. The topological polar surface area (TPSA) is 47.3 Å². The van der Waals surface area contributed by atoms with E-state index in [-0.39, 0.29) is 23.7 Å². The minimum atomic E-state index is -0.378. The van der Waals surface area contributed by atoms with E-state index in [0.717, 1.165) is 19.3 Å². The number of para-hydroxylation sites is 1. The second-order valence-corrected chi connectivity index (χ2v) is 4.16. The molecular formula is C12H17FN2O. The van der Waals surface area contributed by atoms with E-state index in [9.17, 15) is 4.39 Å². The Bertz CT molecular complexity index is 370. The van der Waals surface area contributed by atoms with Crippen LogP contribution in [-0.4, -0.2) is 19.3 Å².